The molecule has 0 radical (unpaired) electrons. The lowest BCUT2D eigenvalue weighted by Gasteiger charge is -2.36. The van der Waals surface area contributed by atoms with E-state index in [-0.39, 0.29) is 17.2 Å². The molecule has 1 atom stereocenters. The van der Waals surface area contributed by atoms with Gasteiger partial charge in [0.05, 0.1) is 0 Å². The summed E-state index contributed by atoms with van der Waals surface area (Å²) in [6.07, 6.45) is 10.8. The summed E-state index contributed by atoms with van der Waals surface area (Å²) in [4.78, 5) is 32.1. The molecule has 1 spiro atoms. The van der Waals surface area contributed by atoms with Crippen molar-refractivity contribution in [2.45, 2.75) is 25.8 Å². The summed E-state index contributed by atoms with van der Waals surface area (Å²) in [6.45, 7) is 6.23. The Labute approximate surface area is 195 Å². The molecule has 3 fully saturated rings. The standard InChI is InChI=1S/C26H33N5O2/c32-24(21-31-13-5-11-27-31)29-14-9-26(10-15-29)20-23(26)25(33)30-18-16-28(17-19-30)12-4-8-22-6-2-1-3-7-22/h1-8,11,13,23H,9-10,12,14-21H2. The van der Waals surface area contributed by atoms with E-state index in [1.165, 1.54) is 5.56 Å². The second kappa shape index (κ2) is 9.51. The number of amides is 2. The molecule has 3 heterocycles. The highest BCUT2D eigenvalue weighted by atomic mass is 16.2. The van der Waals surface area contributed by atoms with Crippen molar-refractivity contribution in [3.05, 3.63) is 60.4 Å². The number of aromatic nitrogens is 2. The maximum Gasteiger partial charge on any atom is 0.244 e. The minimum absolute atomic E-state index is 0.120. The fourth-order valence-corrected chi connectivity index (χ4v) is 5.36. The summed E-state index contributed by atoms with van der Waals surface area (Å²) in [5.41, 5.74) is 1.36. The zero-order chi connectivity index (χ0) is 22.7. The number of carbonyl (C=O) groups is 2. The molecule has 33 heavy (non-hydrogen) atoms. The summed E-state index contributed by atoms with van der Waals surface area (Å²) < 4.78 is 1.67. The highest BCUT2D eigenvalue weighted by molar-refractivity contribution is 5.83. The Hall–Kier alpha value is -2.93. The molecule has 0 bridgehead atoms. The lowest BCUT2D eigenvalue weighted by molar-refractivity contribution is -0.136. The molecular formula is C26H33N5O2. The molecule has 2 amide bonds. The van der Waals surface area contributed by atoms with Crippen LogP contribution in [0.5, 0.6) is 0 Å². The van der Waals surface area contributed by atoms with E-state index < -0.39 is 0 Å². The summed E-state index contributed by atoms with van der Waals surface area (Å²) in [5.74, 6) is 0.616. The Morgan fingerprint density at radius 2 is 1.73 bits per heavy atom. The second-order valence-corrected chi connectivity index (χ2v) is 9.64. The molecule has 7 heteroatoms. The van der Waals surface area contributed by atoms with E-state index in [1.807, 2.05) is 23.2 Å². The van der Waals surface area contributed by atoms with Crippen molar-refractivity contribution in [3.63, 3.8) is 0 Å². The van der Waals surface area contributed by atoms with Gasteiger partial charge in [0, 0.05) is 64.1 Å². The minimum Gasteiger partial charge on any atom is -0.341 e. The van der Waals surface area contributed by atoms with Gasteiger partial charge in [-0.3, -0.25) is 19.2 Å². The van der Waals surface area contributed by atoms with Crippen LogP contribution >= 0.6 is 0 Å². The van der Waals surface area contributed by atoms with Crippen LogP contribution in [-0.2, 0) is 16.1 Å². The van der Waals surface area contributed by atoms with Gasteiger partial charge in [-0.1, -0.05) is 42.5 Å². The Morgan fingerprint density at radius 1 is 0.970 bits per heavy atom. The van der Waals surface area contributed by atoms with Crippen LogP contribution in [0, 0.1) is 11.3 Å². The van der Waals surface area contributed by atoms with Gasteiger partial charge in [0.25, 0.3) is 0 Å². The van der Waals surface area contributed by atoms with E-state index in [9.17, 15) is 9.59 Å². The van der Waals surface area contributed by atoms with Gasteiger partial charge in [-0.25, -0.2) is 0 Å². The molecule has 1 saturated carbocycles. The third-order valence-corrected chi connectivity index (χ3v) is 7.61. The molecular weight excluding hydrogens is 414 g/mol. The van der Waals surface area contributed by atoms with Crippen molar-refractivity contribution in [2.75, 3.05) is 45.8 Å². The van der Waals surface area contributed by atoms with Crippen LogP contribution in [0.15, 0.2) is 54.9 Å². The van der Waals surface area contributed by atoms with Crippen molar-refractivity contribution in [1.82, 2.24) is 24.5 Å². The van der Waals surface area contributed by atoms with Crippen LogP contribution in [-0.4, -0.2) is 82.1 Å². The van der Waals surface area contributed by atoms with Gasteiger partial charge in [0.1, 0.15) is 6.54 Å². The van der Waals surface area contributed by atoms with Crippen LogP contribution in [0.2, 0.25) is 0 Å². The predicted octanol–water partition coefficient (Wildman–Crippen LogP) is 2.37. The van der Waals surface area contributed by atoms with Gasteiger partial charge >= 0.3 is 0 Å². The quantitative estimate of drug-likeness (QED) is 0.682. The minimum atomic E-state index is 0.120. The molecule has 3 aliphatic rings. The maximum absolute atomic E-state index is 13.2. The van der Waals surface area contributed by atoms with Gasteiger partial charge in [-0.05, 0) is 36.3 Å². The largest absolute Gasteiger partial charge is 0.341 e. The number of hydrogen-bond donors (Lipinski definition) is 0. The van der Waals surface area contributed by atoms with Crippen LogP contribution in [0.4, 0.5) is 0 Å². The summed E-state index contributed by atoms with van der Waals surface area (Å²) >= 11 is 0. The van der Waals surface area contributed by atoms with E-state index in [2.05, 4.69) is 51.3 Å². The third-order valence-electron chi connectivity index (χ3n) is 7.61. The number of piperazine rings is 1. The highest BCUT2D eigenvalue weighted by Crippen LogP contribution is 2.60. The topological polar surface area (TPSA) is 61.7 Å². The lowest BCUT2D eigenvalue weighted by Crippen LogP contribution is -2.49. The first-order valence-electron chi connectivity index (χ1n) is 12.1. The van der Waals surface area contributed by atoms with Crippen molar-refractivity contribution in [3.8, 4) is 0 Å². The zero-order valence-electron chi connectivity index (χ0n) is 19.2. The Bertz CT molecular complexity index is 971. The summed E-state index contributed by atoms with van der Waals surface area (Å²) in [5, 5.41) is 4.13. The summed E-state index contributed by atoms with van der Waals surface area (Å²) in [7, 11) is 0. The molecule has 2 aromatic rings. The average molecular weight is 448 g/mol. The number of nitrogens with zero attached hydrogens (tertiary/aromatic N) is 5. The maximum atomic E-state index is 13.2. The molecule has 174 valence electrons. The van der Waals surface area contributed by atoms with Gasteiger partial charge in [0.2, 0.25) is 11.8 Å². The van der Waals surface area contributed by atoms with E-state index in [0.717, 1.165) is 65.1 Å². The first-order valence-corrected chi connectivity index (χ1v) is 12.1. The van der Waals surface area contributed by atoms with Crippen LogP contribution in [0.3, 0.4) is 0 Å². The fraction of sp³-hybridized carbons (Fsp3) is 0.500. The van der Waals surface area contributed by atoms with E-state index in [0.29, 0.717) is 12.5 Å². The lowest BCUT2D eigenvalue weighted by atomic mass is 9.90. The number of carbonyl (C=O) groups excluding carboxylic acids is 2. The SMILES string of the molecule is O=C(Cn1cccn1)N1CCC2(CC1)CC2C(=O)N1CCN(CC=Cc2ccccc2)CC1. The monoisotopic (exact) mass is 447 g/mol. The number of rotatable bonds is 6. The van der Waals surface area contributed by atoms with E-state index in [4.69, 9.17) is 0 Å². The Kier molecular flexibility index (Phi) is 6.31. The predicted molar refractivity (Wildman–Crippen MR) is 127 cm³/mol. The van der Waals surface area contributed by atoms with Crippen molar-refractivity contribution < 1.29 is 9.59 Å². The number of likely N-dealkylation sites (tertiary alicyclic amines) is 1. The molecule has 2 aliphatic heterocycles. The van der Waals surface area contributed by atoms with Crippen LogP contribution < -0.4 is 0 Å². The van der Waals surface area contributed by atoms with Crippen LogP contribution in [0.25, 0.3) is 6.08 Å². The fourth-order valence-electron chi connectivity index (χ4n) is 5.36. The first kappa shape index (κ1) is 21.9. The molecule has 1 aromatic heterocycles. The van der Waals surface area contributed by atoms with Crippen molar-refractivity contribution in [1.29, 1.82) is 0 Å². The molecule has 7 nitrogen and oxygen atoms in total. The molecule has 2 saturated heterocycles. The molecule has 5 rings (SSSR count). The zero-order valence-corrected chi connectivity index (χ0v) is 19.2. The van der Waals surface area contributed by atoms with Crippen molar-refractivity contribution in [2.24, 2.45) is 11.3 Å². The van der Waals surface area contributed by atoms with Gasteiger partial charge < -0.3 is 9.80 Å². The van der Waals surface area contributed by atoms with Gasteiger partial charge in [0.15, 0.2) is 0 Å². The van der Waals surface area contributed by atoms with Gasteiger partial charge in [-0.2, -0.15) is 5.10 Å². The van der Waals surface area contributed by atoms with E-state index >= 15 is 0 Å². The molecule has 1 aliphatic carbocycles. The molecule has 0 N–H and O–H groups in total. The second-order valence-electron chi connectivity index (χ2n) is 9.64. The Balaban J connectivity index is 1.04. The number of hydrogen-bond acceptors (Lipinski definition) is 4. The Morgan fingerprint density at radius 3 is 2.42 bits per heavy atom. The van der Waals surface area contributed by atoms with Crippen molar-refractivity contribution >= 4 is 17.9 Å². The normalized spacial score (nSPS) is 22.7. The highest BCUT2D eigenvalue weighted by Gasteiger charge is 2.59. The molecule has 1 aromatic carbocycles. The smallest absolute Gasteiger partial charge is 0.244 e. The van der Waals surface area contributed by atoms with Gasteiger partial charge in [-0.15, -0.1) is 0 Å². The average Bonchev–Trinajstić information content (AvgIpc) is 3.28. The summed E-state index contributed by atoms with van der Waals surface area (Å²) in [6, 6.07) is 12.2. The van der Waals surface area contributed by atoms with E-state index in [1.54, 1.807) is 10.9 Å². The third kappa shape index (κ3) is 5.03. The van der Waals surface area contributed by atoms with Crippen LogP contribution in [0.1, 0.15) is 24.8 Å². The number of piperidine rings is 1. The first-order chi connectivity index (χ1) is 16.1. The molecule has 1 unspecified atom stereocenters. The number of benzene rings is 1.